The number of aliphatic hydroxyl groups excluding tert-OH is 1. The second-order valence-corrected chi connectivity index (χ2v) is 7.81. The highest BCUT2D eigenvalue weighted by Crippen LogP contribution is 2.23. The lowest BCUT2D eigenvalue weighted by atomic mass is 10.1. The van der Waals surface area contributed by atoms with Gasteiger partial charge in [0.1, 0.15) is 11.3 Å². The summed E-state index contributed by atoms with van der Waals surface area (Å²) >= 11 is 0. The van der Waals surface area contributed by atoms with Gasteiger partial charge in [0.05, 0.1) is 18.1 Å². The van der Waals surface area contributed by atoms with Gasteiger partial charge in [-0.25, -0.2) is 18.4 Å². The zero-order valence-electron chi connectivity index (χ0n) is 11.8. The number of imidazole rings is 1. The maximum absolute atomic E-state index is 11.8. The van der Waals surface area contributed by atoms with E-state index in [1.54, 1.807) is 6.20 Å². The van der Waals surface area contributed by atoms with Gasteiger partial charge in [-0.15, -0.1) is 0 Å². The van der Waals surface area contributed by atoms with Gasteiger partial charge < -0.3 is 9.67 Å². The van der Waals surface area contributed by atoms with Crippen molar-refractivity contribution < 1.29 is 13.5 Å². The second-order valence-electron chi connectivity index (χ2n) is 5.58. The zero-order valence-corrected chi connectivity index (χ0v) is 12.6. The van der Waals surface area contributed by atoms with Crippen LogP contribution >= 0.6 is 0 Å². The average Bonchev–Trinajstić information content (AvgIpc) is 2.76. The highest BCUT2D eigenvalue weighted by molar-refractivity contribution is 7.91. The van der Waals surface area contributed by atoms with Crippen molar-refractivity contribution in [1.29, 1.82) is 0 Å². The van der Waals surface area contributed by atoms with Gasteiger partial charge in [-0.05, 0) is 30.9 Å². The molecule has 0 radical (unpaired) electrons. The molecule has 0 aliphatic carbocycles. The van der Waals surface area contributed by atoms with Crippen LogP contribution in [0.4, 0.5) is 0 Å². The van der Waals surface area contributed by atoms with Gasteiger partial charge in [-0.1, -0.05) is 0 Å². The van der Waals surface area contributed by atoms with E-state index >= 15 is 0 Å². The lowest BCUT2D eigenvalue weighted by molar-refractivity contribution is 0.293. The van der Waals surface area contributed by atoms with Crippen molar-refractivity contribution in [2.24, 2.45) is 5.92 Å². The van der Waals surface area contributed by atoms with Crippen molar-refractivity contribution in [2.75, 3.05) is 18.1 Å². The average molecular weight is 309 g/mol. The van der Waals surface area contributed by atoms with Crippen molar-refractivity contribution in [2.45, 2.75) is 25.8 Å². The van der Waals surface area contributed by atoms with Crippen LogP contribution in [0.15, 0.2) is 18.3 Å². The Morgan fingerprint density at radius 2 is 2.29 bits per heavy atom. The van der Waals surface area contributed by atoms with Crippen LogP contribution in [0.5, 0.6) is 0 Å². The van der Waals surface area contributed by atoms with E-state index in [0.717, 1.165) is 29.8 Å². The Labute approximate surface area is 123 Å². The summed E-state index contributed by atoms with van der Waals surface area (Å²) in [6.45, 7) is 0.619. The Balaban J connectivity index is 1.93. The molecule has 1 aliphatic heterocycles. The summed E-state index contributed by atoms with van der Waals surface area (Å²) in [5, 5.41) is 9.19. The Hall–Kier alpha value is -1.47. The predicted molar refractivity (Wildman–Crippen MR) is 79.7 cm³/mol. The number of hydrogen-bond acceptors (Lipinski definition) is 5. The summed E-state index contributed by atoms with van der Waals surface area (Å²) < 4.78 is 25.5. The minimum Gasteiger partial charge on any atom is -0.396 e. The standard InChI is InChI=1S/C14H19N3O3S/c18-7-5-13-16-12-4-1-6-15-14(12)17(13)9-11-3-2-8-21(19,20)10-11/h1,4,6,11,18H,2-3,5,7-10H2. The SMILES string of the molecule is O=S1(=O)CCCC(Cn2c(CCO)nc3cccnc32)C1. The first-order chi connectivity index (χ1) is 10.1. The molecule has 0 saturated carbocycles. The Kier molecular flexibility index (Phi) is 3.95. The summed E-state index contributed by atoms with van der Waals surface area (Å²) in [5.74, 6) is 1.41. The number of nitrogens with zero attached hydrogens (tertiary/aromatic N) is 3. The minimum absolute atomic E-state index is 0.0201. The lowest BCUT2D eigenvalue weighted by Crippen LogP contribution is -2.28. The van der Waals surface area contributed by atoms with Crippen LogP contribution in [0.2, 0.25) is 0 Å². The first kappa shape index (κ1) is 14.5. The molecule has 0 amide bonds. The van der Waals surface area contributed by atoms with Gasteiger partial charge >= 0.3 is 0 Å². The Morgan fingerprint density at radius 3 is 3.05 bits per heavy atom. The highest BCUT2D eigenvalue weighted by atomic mass is 32.2. The summed E-state index contributed by atoms with van der Waals surface area (Å²) in [5.41, 5.74) is 1.56. The van der Waals surface area contributed by atoms with E-state index < -0.39 is 9.84 Å². The third-order valence-corrected chi connectivity index (χ3v) is 5.81. The van der Waals surface area contributed by atoms with Crippen molar-refractivity contribution in [3.8, 4) is 0 Å². The van der Waals surface area contributed by atoms with Gasteiger partial charge in [-0.3, -0.25) is 0 Å². The molecule has 0 spiro atoms. The zero-order chi connectivity index (χ0) is 14.9. The summed E-state index contributed by atoms with van der Waals surface area (Å²) in [7, 11) is -2.92. The molecule has 3 heterocycles. The van der Waals surface area contributed by atoms with Gasteiger partial charge in [0.25, 0.3) is 0 Å². The monoisotopic (exact) mass is 309 g/mol. The largest absolute Gasteiger partial charge is 0.396 e. The van der Waals surface area contributed by atoms with E-state index in [4.69, 9.17) is 0 Å². The van der Waals surface area contributed by atoms with E-state index in [2.05, 4.69) is 9.97 Å². The van der Waals surface area contributed by atoms with Gasteiger partial charge in [0, 0.05) is 19.2 Å². The van der Waals surface area contributed by atoms with Crippen LogP contribution in [0.25, 0.3) is 11.2 Å². The van der Waals surface area contributed by atoms with Crippen LogP contribution < -0.4 is 0 Å². The number of aliphatic hydroxyl groups is 1. The fourth-order valence-electron chi connectivity index (χ4n) is 3.01. The molecule has 6 nitrogen and oxygen atoms in total. The topological polar surface area (TPSA) is 85.1 Å². The molecule has 0 bridgehead atoms. The minimum atomic E-state index is -2.92. The van der Waals surface area contributed by atoms with Crippen molar-refractivity contribution in [1.82, 2.24) is 14.5 Å². The smallest absolute Gasteiger partial charge is 0.159 e. The molecule has 7 heteroatoms. The second kappa shape index (κ2) is 5.73. The Bertz CT molecular complexity index is 739. The molecule has 1 fully saturated rings. The van der Waals surface area contributed by atoms with Crippen LogP contribution in [0, 0.1) is 5.92 Å². The molecule has 1 N–H and O–H groups in total. The molecule has 1 saturated heterocycles. The van der Waals surface area contributed by atoms with Crippen molar-refractivity contribution >= 4 is 21.0 Å². The molecule has 3 rings (SSSR count). The molecule has 2 aromatic heterocycles. The van der Waals surface area contributed by atoms with Gasteiger partial charge in [0.15, 0.2) is 15.5 Å². The normalized spacial score (nSPS) is 21.7. The van der Waals surface area contributed by atoms with E-state index in [-0.39, 0.29) is 18.3 Å². The summed E-state index contributed by atoms with van der Waals surface area (Å²) in [6.07, 6.45) is 3.80. The van der Waals surface area contributed by atoms with Crippen molar-refractivity contribution in [3.63, 3.8) is 0 Å². The summed E-state index contributed by atoms with van der Waals surface area (Å²) in [4.78, 5) is 8.85. The van der Waals surface area contributed by atoms with E-state index in [1.165, 1.54) is 0 Å². The van der Waals surface area contributed by atoms with Crippen LogP contribution in [0.3, 0.4) is 0 Å². The summed E-state index contributed by atoms with van der Waals surface area (Å²) in [6, 6.07) is 3.71. The predicted octanol–water partition coefficient (Wildman–Crippen LogP) is 0.791. The van der Waals surface area contributed by atoms with Crippen LogP contribution in [-0.4, -0.2) is 46.2 Å². The number of pyridine rings is 1. The van der Waals surface area contributed by atoms with E-state index in [9.17, 15) is 13.5 Å². The number of fused-ring (bicyclic) bond motifs is 1. The van der Waals surface area contributed by atoms with Gasteiger partial charge in [-0.2, -0.15) is 0 Å². The molecule has 114 valence electrons. The highest BCUT2D eigenvalue weighted by Gasteiger charge is 2.26. The number of hydrogen-bond donors (Lipinski definition) is 1. The number of rotatable bonds is 4. The Morgan fingerprint density at radius 1 is 1.43 bits per heavy atom. The first-order valence-electron chi connectivity index (χ1n) is 7.20. The van der Waals surface area contributed by atoms with Crippen LogP contribution in [-0.2, 0) is 22.8 Å². The maximum atomic E-state index is 11.8. The molecule has 2 aromatic rings. The van der Waals surface area contributed by atoms with Gasteiger partial charge in [0.2, 0.25) is 0 Å². The molecule has 1 aliphatic rings. The third kappa shape index (κ3) is 3.08. The number of aromatic nitrogens is 3. The van der Waals surface area contributed by atoms with Crippen molar-refractivity contribution in [3.05, 3.63) is 24.2 Å². The van der Waals surface area contributed by atoms with Crippen LogP contribution in [0.1, 0.15) is 18.7 Å². The molecule has 21 heavy (non-hydrogen) atoms. The molecule has 1 unspecified atom stereocenters. The molecular formula is C14H19N3O3S. The first-order valence-corrected chi connectivity index (χ1v) is 9.02. The fourth-order valence-corrected chi connectivity index (χ4v) is 4.77. The molecule has 0 aromatic carbocycles. The maximum Gasteiger partial charge on any atom is 0.159 e. The number of sulfone groups is 1. The lowest BCUT2D eigenvalue weighted by Gasteiger charge is -2.23. The fraction of sp³-hybridized carbons (Fsp3) is 0.571. The molecular weight excluding hydrogens is 290 g/mol. The quantitative estimate of drug-likeness (QED) is 0.902. The molecule has 1 atom stereocenters. The third-order valence-electron chi connectivity index (χ3n) is 3.92. The van der Waals surface area contributed by atoms with E-state index in [0.29, 0.717) is 18.7 Å². The van der Waals surface area contributed by atoms with E-state index in [1.807, 2.05) is 16.7 Å².